The van der Waals surface area contributed by atoms with Gasteiger partial charge in [-0.15, -0.1) is 5.10 Å². The Morgan fingerprint density at radius 1 is 0.930 bits per heavy atom. The minimum absolute atomic E-state index is 0.0140. The fourth-order valence-electron chi connectivity index (χ4n) is 7.00. The summed E-state index contributed by atoms with van der Waals surface area (Å²) in [6.45, 7) is 3.92. The molecule has 10 rings (SSSR count). The Morgan fingerprint density at radius 3 is 2.67 bits per heavy atom. The Morgan fingerprint density at radius 2 is 1.79 bits per heavy atom. The molecule has 1 atom stereocenters. The van der Waals surface area contributed by atoms with Crippen molar-refractivity contribution in [3.8, 4) is 0 Å². The van der Waals surface area contributed by atoms with Crippen molar-refractivity contribution in [2.24, 2.45) is 0 Å². The second-order valence-corrected chi connectivity index (χ2v) is 12.0. The third kappa shape index (κ3) is 5.05. The summed E-state index contributed by atoms with van der Waals surface area (Å²) in [4.78, 5) is 32.7. The fourth-order valence-corrected chi connectivity index (χ4v) is 7.00. The maximum absolute atomic E-state index is 14.0. The monoisotopic (exact) mass is 573 g/mol. The van der Waals surface area contributed by atoms with E-state index in [1.807, 2.05) is 40.8 Å². The molecule has 5 aliphatic rings. The van der Waals surface area contributed by atoms with Crippen molar-refractivity contribution in [3.05, 3.63) is 99.7 Å². The van der Waals surface area contributed by atoms with Crippen molar-refractivity contribution in [2.45, 2.75) is 70.9 Å². The number of aliphatic carboxylic acids is 1. The number of carboxylic acids is 1. The number of rotatable bonds is 2. The number of hydrogen-bond donors (Lipinski definition) is 1. The zero-order chi connectivity index (χ0) is 29.5. The highest BCUT2D eigenvalue weighted by atomic mass is 16.4. The zero-order valence-electron chi connectivity index (χ0n) is 24.4. The van der Waals surface area contributed by atoms with Crippen molar-refractivity contribution in [1.29, 1.82) is 0 Å². The number of carbonyl (C=O) groups excluding carboxylic acids is 1. The summed E-state index contributed by atoms with van der Waals surface area (Å²) >= 11 is 0. The molecule has 0 saturated carbocycles. The summed E-state index contributed by atoms with van der Waals surface area (Å²) in [6.07, 6.45) is 7.68. The normalized spacial score (nSPS) is 17.6. The van der Waals surface area contributed by atoms with Crippen LogP contribution in [0.15, 0.2) is 60.8 Å². The van der Waals surface area contributed by atoms with E-state index in [0.717, 1.165) is 89.3 Å². The third-order valence-corrected chi connectivity index (χ3v) is 9.33. The summed E-state index contributed by atoms with van der Waals surface area (Å²) in [6, 6.07) is 18.4. The lowest BCUT2D eigenvalue weighted by Crippen LogP contribution is -2.36. The Bertz CT molecular complexity index is 1880. The van der Waals surface area contributed by atoms with Crippen LogP contribution in [-0.4, -0.2) is 48.4 Å². The molecule has 43 heavy (non-hydrogen) atoms. The number of aromatic nitrogens is 4. The summed E-state index contributed by atoms with van der Waals surface area (Å²) in [5.41, 5.74) is 9.56. The molecule has 0 unspecified atom stereocenters. The number of aryl methyl sites for hydroxylation is 3. The molecule has 1 amide bonds. The molecule has 8 heteroatoms. The van der Waals surface area contributed by atoms with E-state index in [4.69, 9.17) is 0 Å². The van der Waals surface area contributed by atoms with Crippen LogP contribution in [0.5, 0.6) is 0 Å². The maximum atomic E-state index is 14.0. The SMILES string of the molecule is Cc1c2ccc3c1nnn3CCCCCCc1ccc(c3ncccc13)C(=O)N1CCc3ccc(cc3C1)[C@@H]2CC(=O)O. The highest BCUT2D eigenvalue weighted by molar-refractivity contribution is 6.06. The van der Waals surface area contributed by atoms with E-state index in [9.17, 15) is 14.7 Å². The molecular formula is C35H35N5O3. The molecule has 0 spiro atoms. The quantitative estimate of drug-likeness (QED) is 0.270. The largest absolute Gasteiger partial charge is 0.481 e. The average Bonchev–Trinajstić information content (AvgIpc) is 3.44. The molecule has 218 valence electrons. The molecule has 5 aliphatic heterocycles. The summed E-state index contributed by atoms with van der Waals surface area (Å²) in [5, 5.41) is 20.0. The molecule has 0 radical (unpaired) electrons. The smallest absolute Gasteiger partial charge is 0.304 e. The van der Waals surface area contributed by atoms with E-state index in [1.54, 1.807) is 6.20 Å². The Balaban J connectivity index is 1.33. The second-order valence-electron chi connectivity index (χ2n) is 12.0. The van der Waals surface area contributed by atoms with Crippen LogP contribution in [0.25, 0.3) is 21.9 Å². The molecule has 3 aromatic carbocycles. The van der Waals surface area contributed by atoms with Crippen molar-refractivity contribution < 1.29 is 14.7 Å². The fraction of sp³-hybridized carbons (Fsp3) is 0.343. The Kier molecular flexibility index (Phi) is 7.13. The van der Waals surface area contributed by atoms with Crippen LogP contribution in [0.4, 0.5) is 0 Å². The first-order valence-electron chi connectivity index (χ1n) is 15.3. The maximum Gasteiger partial charge on any atom is 0.304 e. The predicted molar refractivity (Wildman–Crippen MR) is 165 cm³/mol. The number of nitrogens with zero attached hydrogens (tertiary/aromatic N) is 5. The minimum atomic E-state index is -0.855. The molecule has 2 aromatic heterocycles. The Hall–Kier alpha value is -4.59. The van der Waals surface area contributed by atoms with Gasteiger partial charge >= 0.3 is 5.97 Å². The topological polar surface area (TPSA) is 101 Å². The minimum Gasteiger partial charge on any atom is -0.481 e. The molecule has 8 nitrogen and oxygen atoms in total. The standard InChI is InChI=1S/C35H35N5O3/c1-22-27-13-14-31-33(22)37-38-40(31)17-5-3-2-4-7-24-11-12-29(34-28(24)8-6-16-36-34)35(43)39-18-15-23-9-10-25(19-26(23)21-39)30(27)20-32(41)42/h6,8-14,16,19,30H,2-5,7,15,17-18,20-21H2,1H3,(H,41,42)/t30-/m0/s1. The van der Waals surface area contributed by atoms with Crippen LogP contribution in [0, 0.1) is 6.92 Å². The van der Waals surface area contributed by atoms with Gasteiger partial charge in [0.25, 0.3) is 5.91 Å². The molecule has 0 saturated heterocycles. The van der Waals surface area contributed by atoms with Gasteiger partial charge in [0.2, 0.25) is 0 Å². The van der Waals surface area contributed by atoms with Crippen LogP contribution >= 0.6 is 0 Å². The number of pyridine rings is 1. The van der Waals surface area contributed by atoms with Crippen LogP contribution in [0.3, 0.4) is 0 Å². The van der Waals surface area contributed by atoms with Crippen molar-refractivity contribution in [3.63, 3.8) is 0 Å². The number of carbonyl (C=O) groups is 2. The molecule has 0 fully saturated rings. The first-order chi connectivity index (χ1) is 21.0. The number of amides is 1. The molecule has 1 N–H and O–H groups in total. The molecular weight excluding hydrogens is 538 g/mol. The van der Waals surface area contributed by atoms with E-state index in [-0.39, 0.29) is 18.2 Å². The molecule has 0 aliphatic carbocycles. The second kappa shape index (κ2) is 11.2. The van der Waals surface area contributed by atoms with Gasteiger partial charge in [0.05, 0.1) is 23.0 Å². The number of carboxylic acid groups (broad SMARTS) is 1. The average molecular weight is 574 g/mol. The van der Waals surface area contributed by atoms with Crippen LogP contribution in [0.1, 0.15) is 81.8 Å². The lowest BCUT2D eigenvalue weighted by molar-refractivity contribution is -0.137. The van der Waals surface area contributed by atoms with Crippen molar-refractivity contribution in [1.82, 2.24) is 24.9 Å². The van der Waals surface area contributed by atoms with Crippen molar-refractivity contribution in [2.75, 3.05) is 6.54 Å². The molecule has 5 aromatic rings. The van der Waals surface area contributed by atoms with E-state index in [1.165, 1.54) is 11.1 Å². The first kappa shape index (κ1) is 27.3. The molecule has 7 heterocycles. The van der Waals surface area contributed by atoms with E-state index >= 15 is 0 Å². The lowest BCUT2D eigenvalue weighted by atomic mass is 9.83. The van der Waals surface area contributed by atoms with Gasteiger partial charge in [0, 0.05) is 37.1 Å². The number of hydrogen-bond acceptors (Lipinski definition) is 5. The summed E-state index contributed by atoms with van der Waals surface area (Å²) in [5.74, 6) is -1.21. The van der Waals surface area contributed by atoms with Gasteiger partial charge in [-0.1, -0.05) is 54.5 Å². The highest BCUT2D eigenvalue weighted by Gasteiger charge is 2.27. The highest BCUT2D eigenvalue weighted by Crippen LogP contribution is 2.36. The Labute approximate surface area is 250 Å². The van der Waals surface area contributed by atoms with E-state index in [2.05, 4.69) is 45.6 Å². The van der Waals surface area contributed by atoms with Gasteiger partial charge in [0.15, 0.2) is 0 Å². The summed E-state index contributed by atoms with van der Waals surface area (Å²) in [7, 11) is 0. The van der Waals surface area contributed by atoms with Gasteiger partial charge < -0.3 is 10.0 Å². The lowest BCUT2D eigenvalue weighted by Gasteiger charge is -2.30. The van der Waals surface area contributed by atoms with Gasteiger partial charge in [-0.2, -0.15) is 0 Å². The number of benzene rings is 3. The van der Waals surface area contributed by atoms with Crippen LogP contribution in [-0.2, 0) is 30.7 Å². The third-order valence-electron chi connectivity index (χ3n) is 9.33. The van der Waals surface area contributed by atoms with Gasteiger partial charge in [-0.3, -0.25) is 14.6 Å². The van der Waals surface area contributed by atoms with Gasteiger partial charge in [-0.05, 0) is 84.2 Å². The first-order valence-corrected chi connectivity index (χ1v) is 15.3. The van der Waals surface area contributed by atoms with Crippen molar-refractivity contribution >= 4 is 33.8 Å². The molecule has 9 bridgehead atoms. The zero-order valence-corrected chi connectivity index (χ0v) is 24.4. The van der Waals surface area contributed by atoms with Gasteiger partial charge in [-0.25, -0.2) is 4.68 Å². The van der Waals surface area contributed by atoms with Crippen LogP contribution in [0.2, 0.25) is 0 Å². The van der Waals surface area contributed by atoms with Gasteiger partial charge in [0.1, 0.15) is 5.52 Å². The predicted octanol–water partition coefficient (Wildman–Crippen LogP) is 6.21. The van der Waals surface area contributed by atoms with Crippen LogP contribution < -0.4 is 0 Å². The van der Waals surface area contributed by atoms with E-state index < -0.39 is 5.97 Å². The van der Waals surface area contributed by atoms with E-state index in [0.29, 0.717) is 18.7 Å². The summed E-state index contributed by atoms with van der Waals surface area (Å²) < 4.78 is 1.98.